The Morgan fingerprint density at radius 2 is 2.31 bits per heavy atom. The molecule has 0 atom stereocenters. The van der Waals surface area contributed by atoms with Crippen molar-refractivity contribution >= 4 is 33.4 Å². The predicted molar refractivity (Wildman–Crippen MR) is 56.5 cm³/mol. The molecule has 13 heavy (non-hydrogen) atoms. The van der Waals surface area contributed by atoms with Crippen molar-refractivity contribution in [1.82, 2.24) is 0 Å². The third-order valence-electron chi connectivity index (χ3n) is 1.74. The third kappa shape index (κ3) is 1.86. The number of aliphatic imine (C=N–C) groups is 1. The molecule has 0 aliphatic carbocycles. The highest BCUT2D eigenvalue weighted by Crippen LogP contribution is 2.23. The van der Waals surface area contributed by atoms with Crippen LogP contribution in [0.1, 0.15) is 5.56 Å². The van der Waals surface area contributed by atoms with Gasteiger partial charge in [-0.1, -0.05) is 27.5 Å². The topological polar surface area (TPSA) is 21.6 Å². The molecule has 0 bridgehead atoms. The molecule has 1 aromatic carbocycles. The highest BCUT2D eigenvalue weighted by atomic mass is 79.9. The van der Waals surface area contributed by atoms with E-state index in [4.69, 9.17) is 16.3 Å². The molecule has 2 nitrogen and oxygen atoms in total. The fourth-order valence-electron chi connectivity index (χ4n) is 1.16. The first kappa shape index (κ1) is 9.03. The van der Waals surface area contributed by atoms with E-state index in [1.165, 1.54) is 0 Å². The minimum Gasteiger partial charge on any atom is -0.475 e. The summed E-state index contributed by atoms with van der Waals surface area (Å²) in [6.07, 6.45) is 0. The molecule has 0 unspecified atom stereocenters. The van der Waals surface area contributed by atoms with Crippen molar-refractivity contribution in [3.05, 3.63) is 33.3 Å². The van der Waals surface area contributed by atoms with Gasteiger partial charge in [-0.3, -0.25) is 0 Å². The summed E-state index contributed by atoms with van der Waals surface area (Å²) in [5, 5.41) is 0.670. The molecule has 0 fully saturated rings. The number of benzene rings is 1. The van der Waals surface area contributed by atoms with Gasteiger partial charge in [-0.15, -0.1) is 0 Å². The predicted octanol–water partition coefficient (Wildman–Crippen LogP) is 2.88. The summed E-state index contributed by atoms with van der Waals surface area (Å²) in [4.78, 5) is 4.20. The van der Waals surface area contributed by atoms with Gasteiger partial charge in [0.25, 0.3) is 0 Å². The molecular formula is C9H7BrClNO. The van der Waals surface area contributed by atoms with E-state index < -0.39 is 0 Å². The third-order valence-corrected chi connectivity index (χ3v) is 2.57. The van der Waals surface area contributed by atoms with Crippen LogP contribution in [0.5, 0.6) is 0 Å². The van der Waals surface area contributed by atoms with Crippen LogP contribution in [0.25, 0.3) is 0 Å². The van der Waals surface area contributed by atoms with Crippen molar-refractivity contribution in [2.75, 3.05) is 13.2 Å². The van der Waals surface area contributed by atoms with Crippen molar-refractivity contribution in [3.8, 4) is 0 Å². The van der Waals surface area contributed by atoms with Crippen molar-refractivity contribution < 1.29 is 4.74 Å². The first-order chi connectivity index (χ1) is 6.27. The average Bonchev–Trinajstić information content (AvgIpc) is 2.61. The molecule has 0 saturated carbocycles. The molecule has 1 aliphatic rings. The lowest BCUT2D eigenvalue weighted by Crippen LogP contribution is -2.01. The molecule has 0 saturated heterocycles. The van der Waals surface area contributed by atoms with Crippen LogP contribution in [0, 0.1) is 0 Å². The molecule has 68 valence electrons. The quantitative estimate of drug-likeness (QED) is 0.761. The largest absolute Gasteiger partial charge is 0.475 e. The summed E-state index contributed by atoms with van der Waals surface area (Å²) in [6.45, 7) is 1.37. The lowest BCUT2D eigenvalue weighted by molar-refractivity contribution is 0.348. The van der Waals surface area contributed by atoms with Gasteiger partial charge in [0, 0.05) is 4.47 Å². The second-order valence-corrected chi connectivity index (χ2v) is 3.98. The number of rotatable bonds is 1. The van der Waals surface area contributed by atoms with Gasteiger partial charge in [-0.2, -0.15) is 0 Å². The van der Waals surface area contributed by atoms with E-state index in [9.17, 15) is 0 Å². The van der Waals surface area contributed by atoms with Crippen LogP contribution < -0.4 is 0 Å². The molecule has 0 radical (unpaired) electrons. The minimum atomic E-state index is 0.645. The fraction of sp³-hybridized carbons (Fsp3) is 0.222. The lowest BCUT2D eigenvalue weighted by Gasteiger charge is -2.04. The van der Waals surface area contributed by atoms with Crippen LogP contribution >= 0.6 is 27.5 Å². The molecule has 1 aliphatic heterocycles. The van der Waals surface area contributed by atoms with Crippen molar-refractivity contribution in [3.63, 3.8) is 0 Å². The maximum absolute atomic E-state index is 5.99. The maximum Gasteiger partial charge on any atom is 0.217 e. The summed E-state index contributed by atoms with van der Waals surface area (Å²) in [6, 6.07) is 5.62. The second-order valence-electron chi connectivity index (χ2n) is 2.66. The Balaban J connectivity index is 2.43. The minimum absolute atomic E-state index is 0.645. The summed E-state index contributed by atoms with van der Waals surface area (Å²) >= 11 is 9.37. The Kier molecular flexibility index (Phi) is 2.56. The maximum atomic E-state index is 5.99. The van der Waals surface area contributed by atoms with Gasteiger partial charge in [0.2, 0.25) is 5.90 Å². The zero-order valence-corrected chi connectivity index (χ0v) is 9.10. The van der Waals surface area contributed by atoms with Gasteiger partial charge < -0.3 is 4.74 Å². The molecule has 4 heteroatoms. The lowest BCUT2D eigenvalue weighted by atomic mass is 10.2. The van der Waals surface area contributed by atoms with Gasteiger partial charge in [0.1, 0.15) is 6.61 Å². The normalized spacial score (nSPS) is 15.4. The first-order valence-electron chi connectivity index (χ1n) is 3.90. The SMILES string of the molecule is Clc1ccc(Br)cc1C1=NCCO1. The summed E-state index contributed by atoms with van der Waals surface area (Å²) in [5.41, 5.74) is 0.855. The standard InChI is InChI=1S/C9H7BrClNO/c10-6-1-2-8(11)7(5-6)9-12-3-4-13-9/h1-2,5H,3-4H2. The molecule has 1 aromatic rings. The Labute approximate surface area is 89.7 Å². The van der Waals surface area contributed by atoms with Crippen LogP contribution in [0.3, 0.4) is 0 Å². The molecule has 0 N–H and O–H groups in total. The van der Waals surface area contributed by atoms with Crippen LogP contribution in [-0.2, 0) is 4.74 Å². The van der Waals surface area contributed by atoms with Gasteiger partial charge in [0.05, 0.1) is 17.1 Å². The summed E-state index contributed by atoms with van der Waals surface area (Å²) < 4.78 is 6.30. The van der Waals surface area contributed by atoms with Crippen LogP contribution in [0.2, 0.25) is 5.02 Å². The highest BCUT2D eigenvalue weighted by molar-refractivity contribution is 9.10. The van der Waals surface area contributed by atoms with Gasteiger partial charge in [-0.05, 0) is 18.2 Å². The van der Waals surface area contributed by atoms with E-state index in [0.717, 1.165) is 16.6 Å². The highest BCUT2D eigenvalue weighted by Gasteiger charge is 2.13. The van der Waals surface area contributed by atoms with E-state index in [-0.39, 0.29) is 0 Å². The smallest absolute Gasteiger partial charge is 0.217 e. The van der Waals surface area contributed by atoms with E-state index in [1.54, 1.807) is 0 Å². The fourth-order valence-corrected chi connectivity index (χ4v) is 1.72. The van der Waals surface area contributed by atoms with E-state index in [0.29, 0.717) is 17.5 Å². The zero-order valence-electron chi connectivity index (χ0n) is 6.76. The van der Waals surface area contributed by atoms with Gasteiger partial charge in [-0.25, -0.2) is 4.99 Å². The van der Waals surface area contributed by atoms with Crippen LogP contribution in [-0.4, -0.2) is 19.0 Å². The van der Waals surface area contributed by atoms with E-state index in [1.807, 2.05) is 18.2 Å². The first-order valence-corrected chi connectivity index (χ1v) is 5.07. The monoisotopic (exact) mass is 259 g/mol. The van der Waals surface area contributed by atoms with Crippen LogP contribution in [0.15, 0.2) is 27.7 Å². The Bertz CT molecular complexity index is 365. The number of hydrogen-bond donors (Lipinski definition) is 0. The van der Waals surface area contributed by atoms with Crippen molar-refractivity contribution in [1.29, 1.82) is 0 Å². The average molecular weight is 261 g/mol. The van der Waals surface area contributed by atoms with E-state index in [2.05, 4.69) is 20.9 Å². The van der Waals surface area contributed by atoms with Crippen LogP contribution in [0.4, 0.5) is 0 Å². The summed E-state index contributed by atoms with van der Waals surface area (Å²) in [5.74, 6) is 0.645. The van der Waals surface area contributed by atoms with Crippen molar-refractivity contribution in [2.45, 2.75) is 0 Å². The molecule has 0 aromatic heterocycles. The summed E-state index contributed by atoms with van der Waals surface area (Å²) in [7, 11) is 0. The number of ether oxygens (including phenoxy) is 1. The molecular weight excluding hydrogens is 253 g/mol. The van der Waals surface area contributed by atoms with Gasteiger partial charge >= 0.3 is 0 Å². The molecule has 2 rings (SSSR count). The molecule has 1 heterocycles. The second kappa shape index (κ2) is 3.68. The number of hydrogen-bond acceptors (Lipinski definition) is 2. The van der Waals surface area contributed by atoms with Gasteiger partial charge in [0.15, 0.2) is 0 Å². The Morgan fingerprint density at radius 1 is 1.46 bits per heavy atom. The molecule has 0 spiro atoms. The number of halogens is 2. The number of nitrogens with zero attached hydrogens (tertiary/aromatic N) is 1. The van der Waals surface area contributed by atoms with Crippen molar-refractivity contribution in [2.24, 2.45) is 4.99 Å². The zero-order chi connectivity index (χ0) is 9.26. The molecule has 0 amide bonds. The Hall–Kier alpha value is -0.540. The van der Waals surface area contributed by atoms with E-state index >= 15 is 0 Å². The Morgan fingerprint density at radius 3 is 3.00 bits per heavy atom.